The lowest BCUT2D eigenvalue weighted by molar-refractivity contribution is -0.141. The monoisotopic (exact) mass is 396 g/mol. The van der Waals surface area contributed by atoms with Gasteiger partial charge < -0.3 is 9.74 Å². The predicted octanol–water partition coefficient (Wildman–Crippen LogP) is 3.94. The van der Waals surface area contributed by atoms with E-state index in [1.807, 2.05) is 12.1 Å². The SMILES string of the molecule is O=C(O/N=C1\C(=O)N(Cc2cccc(Cl)c2)c2ccccc21)C(Cl)Cl. The Labute approximate surface area is 158 Å². The van der Waals surface area contributed by atoms with Crippen molar-refractivity contribution in [2.24, 2.45) is 5.16 Å². The summed E-state index contributed by atoms with van der Waals surface area (Å²) in [7, 11) is 0. The van der Waals surface area contributed by atoms with Crippen molar-refractivity contribution >= 4 is 58.1 Å². The average Bonchev–Trinajstić information content (AvgIpc) is 2.85. The number of oxime groups is 1. The molecule has 0 atom stereocenters. The van der Waals surface area contributed by atoms with Crippen LogP contribution in [0, 0.1) is 0 Å². The number of para-hydroxylation sites is 1. The molecule has 0 saturated heterocycles. The first-order valence-electron chi connectivity index (χ1n) is 7.20. The van der Waals surface area contributed by atoms with Gasteiger partial charge in [0.2, 0.25) is 4.84 Å². The molecule has 0 radical (unpaired) electrons. The highest BCUT2D eigenvalue weighted by Crippen LogP contribution is 2.31. The Balaban J connectivity index is 1.92. The molecule has 1 aliphatic heterocycles. The average molecular weight is 398 g/mol. The summed E-state index contributed by atoms with van der Waals surface area (Å²) in [5, 5.41) is 4.24. The van der Waals surface area contributed by atoms with Crippen LogP contribution in [0.4, 0.5) is 5.69 Å². The van der Waals surface area contributed by atoms with E-state index in [4.69, 9.17) is 34.8 Å². The zero-order valence-corrected chi connectivity index (χ0v) is 14.9. The summed E-state index contributed by atoms with van der Waals surface area (Å²) in [4.78, 5) is 28.9. The molecule has 25 heavy (non-hydrogen) atoms. The number of anilines is 1. The van der Waals surface area contributed by atoms with Gasteiger partial charge in [0.25, 0.3) is 5.91 Å². The van der Waals surface area contributed by atoms with Crippen molar-refractivity contribution in [1.29, 1.82) is 0 Å². The maximum Gasteiger partial charge on any atom is 0.367 e. The van der Waals surface area contributed by atoms with Gasteiger partial charge in [0, 0.05) is 10.6 Å². The summed E-state index contributed by atoms with van der Waals surface area (Å²) in [6.07, 6.45) is 0. The summed E-state index contributed by atoms with van der Waals surface area (Å²) in [6, 6.07) is 14.3. The van der Waals surface area contributed by atoms with E-state index in [-0.39, 0.29) is 5.71 Å². The van der Waals surface area contributed by atoms with Crippen LogP contribution in [0.2, 0.25) is 5.02 Å². The van der Waals surface area contributed by atoms with Crippen LogP contribution in [0.1, 0.15) is 11.1 Å². The molecule has 1 heterocycles. The van der Waals surface area contributed by atoms with E-state index in [9.17, 15) is 9.59 Å². The van der Waals surface area contributed by atoms with Crippen molar-refractivity contribution in [2.45, 2.75) is 11.4 Å². The molecule has 2 aromatic carbocycles. The van der Waals surface area contributed by atoms with Crippen molar-refractivity contribution in [2.75, 3.05) is 4.90 Å². The van der Waals surface area contributed by atoms with Gasteiger partial charge in [-0.2, -0.15) is 0 Å². The predicted molar refractivity (Wildman–Crippen MR) is 97.2 cm³/mol. The molecule has 8 heteroatoms. The third-order valence-electron chi connectivity index (χ3n) is 3.53. The van der Waals surface area contributed by atoms with E-state index < -0.39 is 16.7 Å². The summed E-state index contributed by atoms with van der Waals surface area (Å²) in [5.41, 5.74) is 2.09. The Bertz CT molecular complexity index is 868. The van der Waals surface area contributed by atoms with Gasteiger partial charge in [-0.25, -0.2) is 4.79 Å². The van der Waals surface area contributed by atoms with E-state index in [0.717, 1.165) is 5.56 Å². The second-order valence-electron chi connectivity index (χ2n) is 5.19. The summed E-state index contributed by atoms with van der Waals surface area (Å²) in [5.74, 6) is -1.34. The molecule has 0 bridgehead atoms. The van der Waals surface area contributed by atoms with Gasteiger partial charge in [0.1, 0.15) is 0 Å². The Morgan fingerprint density at radius 3 is 2.64 bits per heavy atom. The maximum absolute atomic E-state index is 12.7. The fourth-order valence-corrected chi connectivity index (χ4v) is 2.75. The molecule has 5 nitrogen and oxygen atoms in total. The summed E-state index contributed by atoms with van der Waals surface area (Å²) < 4.78 is 0. The van der Waals surface area contributed by atoms with Crippen LogP contribution in [0.3, 0.4) is 0 Å². The first kappa shape index (κ1) is 17.7. The number of hydrogen-bond donors (Lipinski definition) is 0. The second-order valence-corrected chi connectivity index (χ2v) is 6.72. The number of carbonyl (C=O) groups is 2. The molecule has 1 amide bonds. The number of benzene rings is 2. The van der Waals surface area contributed by atoms with Gasteiger partial charge >= 0.3 is 5.97 Å². The number of alkyl halides is 2. The lowest BCUT2D eigenvalue weighted by Crippen LogP contribution is -2.30. The Morgan fingerprint density at radius 1 is 1.16 bits per heavy atom. The smallest absolute Gasteiger partial charge is 0.314 e. The van der Waals surface area contributed by atoms with E-state index in [2.05, 4.69) is 9.99 Å². The fraction of sp³-hybridized carbons (Fsp3) is 0.118. The highest BCUT2D eigenvalue weighted by atomic mass is 35.5. The number of halogens is 3. The van der Waals surface area contributed by atoms with Crippen LogP contribution in [-0.2, 0) is 21.0 Å². The number of carbonyl (C=O) groups excluding carboxylic acids is 2. The standard InChI is InChI=1S/C17H11Cl3N2O3/c18-11-5-3-4-10(8-11)9-22-13-7-2-1-6-12(13)14(16(22)23)21-25-17(24)15(19)20/h1-8,15H,9H2/b21-14-. The molecule has 3 rings (SSSR count). The third-order valence-corrected chi connectivity index (χ3v) is 4.12. The van der Waals surface area contributed by atoms with Gasteiger partial charge in [0.15, 0.2) is 5.71 Å². The van der Waals surface area contributed by atoms with Crippen LogP contribution < -0.4 is 4.90 Å². The van der Waals surface area contributed by atoms with Crippen molar-refractivity contribution in [3.05, 3.63) is 64.7 Å². The highest BCUT2D eigenvalue weighted by Gasteiger charge is 2.34. The number of amides is 1. The van der Waals surface area contributed by atoms with Crippen LogP contribution in [0.25, 0.3) is 0 Å². The topological polar surface area (TPSA) is 59.0 Å². The maximum atomic E-state index is 12.7. The largest absolute Gasteiger partial charge is 0.367 e. The van der Waals surface area contributed by atoms with E-state index >= 15 is 0 Å². The lowest BCUT2D eigenvalue weighted by Gasteiger charge is -2.16. The first-order valence-corrected chi connectivity index (χ1v) is 8.45. The molecular weight excluding hydrogens is 387 g/mol. The zero-order chi connectivity index (χ0) is 18.0. The van der Waals surface area contributed by atoms with E-state index in [1.165, 1.54) is 4.90 Å². The molecule has 128 valence electrons. The fourth-order valence-electron chi connectivity index (χ4n) is 2.46. The quantitative estimate of drug-likeness (QED) is 0.446. The molecule has 0 N–H and O–H groups in total. The molecule has 0 saturated carbocycles. The Hall–Kier alpha value is -2.08. The minimum absolute atomic E-state index is 0.0139. The lowest BCUT2D eigenvalue weighted by atomic mass is 10.1. The summed E-state index contributed by atoms with van der Waals surface area (Å²) >= 11 is 16.8. The highest BCUT2D eigenvalue weighted by molar-refractivity contribution is 6.54. The summed E-state index contributed by atoms with van der Waals surface area (Å²) in [6.45, 7) is 0.303. The van der Waals surface area contributed by atoms with Gasteiger partial charge in [-0.3, -0.25) is 4.79 Å². The number of fused-ring (bicyclic) bond motifs is 1. The van der Waals surface area contributed by atoms with E-state index in [0.29, 0.717) is 22.8 Å². The van der Waals surface area contributed by atoms with Crippen LogP contribution in [0.5, 0.6) is 0 Å². The normalized spacial score (nSPS) is 15.0. The minimum Gasteiger partial charge on any atom is -0.314 e. The first-order chi connectivity index (χ1) is 12.0. The second kappa shape index (κ2) is 7.44. The molecule has 0 unspecified atom stereocenters. The number of rotatable bonds is 4. The van der Waals surface area contributed by atoms with Crippen molar-refractivity contribution in [1.82, 2.24) is 0 Å². The van der Waals surface area contributed by atoms with Crippen LogP contribution in [-0.4, -0.2) is 22.4 Å². The van der Waals surface area contributed by atoms with Crippen LogP contribution >= 0.6 is 34.8 Å². The van der Waals surface area contributed by atoms with Gasteiger partial charge in [0.05, 0.1) is 12.2 Å². The minimum atomic E-state index is -1.38. The van der Waals surface area contributed by atoms with Crippen molar-refractivity contribution < 1.29 is 14.4 Å². The van der Waals surface area contributed by atoms with E-state index in [1.54, 1.807) is 36.4 Å². The molecule has 2 aromatic rings. The number of nitrogens with zero attached hydrogens (tertiary/aromatic N) is 2. The van der Waals surface area contributed by atoms with Gasteiger partial charge in [-0.15, -0.1) is 0 Å². The molecular formula is C17H11Cl3N2O3. The third kappa shape index (κ3) is 3.79. The van der Waals surface area contributed by atoms with Gasteiger partial charge in [-0.05, 0) is 23.8 Å². The Morgan fingerprint density at radius 2 is 1.92 bits per heavy atom. The molecule has 1 aliphatic rings. The van der Waals surface area contributed by atoms with Crippen LogP contribution in [0.15, 0.2) is 53.7 Å². The van der Waals surface area contributed by atoms with Crippen molar-refractivity contribution in [3.8, 4) is 0 Å². The number of hydrogen-bond acceptors (Lipinski definition) is 4. The molecule has 0 fully saturated rings. The van der Waals surface area contributed by atoms with Gasteiger partial charge in [-0.1, -0.05) is 70.3 Å². The Kier molecular flexibility index (Phi) is 5.27. The zero-order valence-electron chi connectivity index (χ0n) is 12.7. The molecule has 0 spiro atoms. The van der Waals surface area contributed by atoms with Crippen molar-refractivity contribution in [3.63, 3.8) is 0 Å². The molecule has 0 aromatic heterocycles. The molecule has 0 aliphatic carbocycles.